The van der Waals surface area contributed by atoms with Crippen molar-refractivity contribution in [1.82, 2.24) is 9.13 Å². The van der Waals surface area contributed by atoms with Gasteiger partial charge in [-0.3, -0.25) is 9.13 Å². The molecule has 0 N–H and O–H groups in total. The Balaban J connectivity index is 2.84. The molecule has 0 radical (unpaired) electrons. The molecule has 0 saturated carbocycles. The van der Waals surface area contributed by atoms with Gasteiger partial charge in [-0.05, 0) is 53.7 Å². The lowest BCUT2D eigenvalue weighted by Crippen LogP contribution is -2.39. The summed E-state index contributed by atoms with van der Waals surface area (Å²) in [4.78, 5) is 12.8. The monoisotopic (exact) mass is 290 g/mol. The summed E-state index contributed by atoms with van der Waals surface area (Å²) in [5, 5.41) is 0. The number of halogens is 1. The van der Waals surface area contributed by atoms with Crippen LogP contribution in [0.3, 0.4) is 0 Å². The van der Waals surface area contributed by atoms with Crippen LogP contribution in [0.25, 0.3) is 11.3 Å². The van der Waals surface area contributed by atoms with Gasteiger partial charge < -0.3 is 0 Å². The van der Waals surface area contributed by atoms with E-state index >= 15 is 0 Å². The van der Waals surface area contributed by atoms with Crippen LogP contribution >= 0.6 is 0 Å². The maximum Gasteiger partial charge on any atom is 0.329 e. The van der Waals surface area contributed by atoms with Gasteiger partial charge in [0.1, 0.15) is 5.82 Å². The van der Waals surface area contributed by atoms with Crippen LogP contribution in [-0.4, -0.2) is 9.13 Å². The fourth-order valence-corrected chi connectivity index (χ4v) is 2.43. The average molecular weight is 290 g/mol. The first-order valence-corrected chi connectivity index (χ1v) is 7.14. The van der Waals surface area contributed by atoms with Crippen molar-refractivity contribution < 1.29 is 4.39 Å². The molecular weight excluding hydrogens is 267 g/mol. The molecule has 2 aromatic rings. The average Bonchev–Trinajstić information content (AvgIpc) is 2.66. The predicted octanol–water partition coefficient (Wildman–Crippen LogP) is 3.97. The normalized spacial score (nSPS) is 12.7. The number of imidazole rings is 1. The minimum Gasteiger partial charge on any atom is -0.293 e. The molecule has 114 valence electrons. The van der Waals surface area contributed by atoms with Gasteiger partial charge >= 0.3 is 5.69 Å². The van der Waals surface area contributed by atoms with Crippen LogP contribution in [0.4, 0.5) is 4.39 Å². The van der Waals surface area contributed by atoms with Gasteiger partial charge in [-0.2, -0.15) is 0 Å². The maximum absolute atomic E-state index is 14.2. The van der Waals surface area contributed by atoms with Gasteiger partial charge in [0.05, 0.1) is 5.69 Å². The van der Waals surface area contributed by atoms with Gasteiger partial charge in [0, 0.05) is 22.8 Å². The van der Waals surface area contributed by atoms with E-state index in [2.05, 4.69) is 0 Å². The molecule has 0 saturated heterocycles. The standard InChI is InChI=1S/C17H23FN2O/c1-16(2,3)19-11-14(12-9-7-8-10-13(12)18)20(15(19)21)17(4,5)6/h7-11H,1-6H3. The molecule has 3 nitrogen and oxygen atoms in total. The molecular formula is C17H23FN2O. The molecule has 0 fully saturated rings. The molecule has 1 aromatic carbocycles. The summed E-state index contributed by atoms with van der Waals surface area (Å²) in [6.07, 6.45) is 1.76. The third kappa shape index (κ3) is 2.80. The van der Waals surface area contributed by atoms with Gasteiger partial charge in [-0.1, -0.05) is 12.1 Å². The number of nitrogens with zero attached hydrogens (tertiary/aromatic N) is 2. The highest BCUT2D eigenvalue weighted by Gasteiger charge is 2.27. The fraction of sp³-hybridized carbons (Fsp3) is 0.471. The minimum atomic E-state index is -0.425. The maximum atomic E-state index is 14.2. The summed E-state index contributed by atoms with van der Waals surface area (Å²) in [5.41, 5.74) is 0.167. The van der Waals surface area contributed by atoms with E-state index in [1.165, 1.54) is 6.07 Å². The first-order valence-electron chi connectivity index (χ1n) is 7.14. The van der Waals surface area contributed by atoms with Crippen molar-refractivity contribution in [2.24, 2.45) is 0 Å². The highest BCUT2D eigenvalue weighted by atomic mass is 19.1. The van der Waals surface area contributed by atoms with Crippen LogP contribution in [0.15, 0.2) is 35.3 Å². The summed E-state index contributed by atoms with van der Waals surface area (Å²) in [6.45, 7) is 11.7. The largest absolute Gasteiger partial charge is 0.329 e. The van der Waals surface area contributed by atoms with E-state index in [9.17, 15) is 9.18 Å². The van der Waals surface area contributed by atoms with Crippen LogP contribution in [0.2, 0.25) is 0 Å². The van der Waals surface area contributed by atoms with Crippen molar-refractivity contribution in [2.75, 3.05) is 0 Å². The predicted molar refractivity (Wildman–Crippen MR) is 84.1 cm³/mol. The molecule has 0 aliphatic rings. The lowest BCUT2D eigenvalue weighted by molar-refractivity contribution is 0.343. The number of hydrogen-bond acceptors (Lipinski definition) is 1. The SMILES string of the molecule is CC(C)(C)n1cc(-c2ccccc2F)n(C(C)(C)C)c1=O. The van der Waals surface area contributed by atoms with Gasteiger partial charge in [0.2, 0.25) is 0 Å². The Morgan fingerprint density at radius 2 is 1.52 bits per heavy atom. The van der Waals surface area contributed by atoms with Crippen molar-refractivity contribution in [3.05, 3.63) is 46.8 Å². The quantitative estimate of drug-likeness (QED) is 0.781. The zero-order chi connectivity index (χ0) is 16.0. The second-order valence-electron chi connectivity index (χ2n) is 7.32. The van der Waals surface area contributed by atoms with Crippen LogP contribution in [-0.2, 0) is 11.1 Å². The Labute approximate surface area is 125 Å². The van der Waals surface area contributed by atoms with E-state index in [1.807, 2.05) is 41.5 Å². The van der Waals surface area contributed by atoms with Crippen LogP contribution in [0.1, 0.15) is 41.5 Å². The molecule has 0 bridgehead atoms. The third-order valence-corrected chi connectivity index (χ3v) is 3.43. The Morgan fingerprint density at radius 1 is 0.952 bits per heavy atom. The Hall–Kier alpha value is -1.84. The van der Waals surface area contributed by atoms with E-state index in [1.54, 1.807) is 33.5 Å². The first kappa shape index (κ1) is 15.5. The highest BCUT2D eigenvalue weighted by Crippen LogP contribution is 2.28. The fourth-order valence-electron chi connectivity index (χ4n) is 2.43. The Kier molecular flexibility index (Phi) is 3.60. The lowest BCUT2D eigenvalue weighted by atomic mass is 10.1. The van der Waals surface area contributed by atoms with Gasteiger partial charge in [-0.25, -0.2) is 9.18 Å². The van der Waals surface area contributed by atoms with E-state index in [-0.39, 0.29) is 17.0 Å². The lowest BCUT2D eigenvalue weighted by Gasteiger charge is -2.23. The highest BCUT2D eigenvalue weighted by molar-refractivity contribution is 5.60. The second kappa shape index (κ2) is 4.86. The van der Waals surface area contributed by atoms with Crippen molar-refractivity contribution in [3.8, 4) is 11.3 Å². The van der Waals surface area contributed by atoms with E-state index in [0.717, 1.165) is 0 Å². The number of rotatable bonds is 1. The van der Waals surface area contributed by atoms with Crippen molar-refractivity contribution in [2.45, 2.75) is 52.6 Å². The van der Waals surface area contributed by atoms with Crippen LogP contribution in [0.5, 0.6) is 0 Å². The second-order valence-corrected chi connectivity index (χ2v) is 7.32. The number of aromatic nitrogens is 2. The Morgan fingerprint density at radius 3 is 2.00 bits per heavy atom. The summed E-state index contributed by atoms with van der Waals surface area (Å²) in [6, 6.07) is 6.56. The van der Waals surface area contributed by atoms with E-state index in [0.29, 0.717) is 11.3 Å². The first-order chi connectivity index (χ1) is 9.53. The van der Waals surface area contributed by atoms with Crippen molar-refractivity contribution in [1.29, 1.82) is 0 Å². The molecule has 0 spiro atoms. The molecule has 0 aliphatic heterocycles. The number of benzene rings is 1. The van der Waals surface area contributed by atoms with E-state index < -0.39 is 5.54 Å². The molecule has 0 amide bonds. The topological polar surface area (TPSA) is 26.9 Å². The van der Waals surface area contributed by atoms with Gasteiger partial charge in [0.15, 0.2) is 0 Å². The molecule has 0 aliphatic carbocycles. The summed E-state index contributed by atoms with van der Waals surface area (Å²) in [5.74, 6) is -0.318. The van der Waals surface area contributed by atoms with Crippen LogP contribution < -0.4 is 5.69 Å². The van der Waals surface area contributed by atoms with Crippen molar-refractivity contribution >= 4 is 0 Å². The third-order valence-electron chi connectivity index (χ3n) is 3.43. The molecule has 1 aromatic heterocycles. The summed E-state index contributed by atoms with van der Waals surface area (Å²) in [7, 11) is 0. The Bertz CT molecular complexity index is 712. The molecule has 0 unspecified atom stereocenters. The molecule has 1 heterocycles. The zero-order valence-electron chi connectivity index (χ0n) is 13.6. The molecule has 2 rings (SSSR count). The summed E-state index contributed by atoms with van der Waals surface area (Å²) < 4.78 is 17.5. The molecule has 0 atom stereocenters. The zero-order valence-corrected chi connectivity index (χ0v) is 13.6. The smallest absolute Gasteiger partial charge is 0.293 e. The number of hydrogen-bond donors (Lipinski definition) is 0. The van der Waals surface area contributed by atoms with Crippen LogP contribution in [0, 0.1) is 5.82 Å². The molecule has 21 heavy (non-hydrogen) atoms. The van der Waals surface area contributed by atoms with Gasteiger partial charge in [-0.15, -0.1) is 0 Å². The van der Waals surface area contributed by atoms with E-state index in [4.69, 9.17) is 0 Å². The summed E-state index contributed by atoms with van der Waals surface area (Å²) >= 11 is 0. The van der Waals surface area contributed by atoms with Crippen molar-refractivity contribution in [3.63, 3.8) is 0 Å². The minimum absolute atomic E-state index is 0.117. The van der Waals surface area contributed by atoms with Gasteiger partial charge in [0.25, 0.3) is 0 Å². The molecule has 4 heteroatoms.